The van der Waals surface area contributed by atoms with Crippen molar-refractivity contribution in [2.24, 2.45) is 7.05 Å². The van der Waals surface area contributed by atoms with Crippen molar-refractivity contribution >= 4 is 28.3 Å². The molecule has 5 heteroatoms. The quantitative estimate of drug-likeness (QED) is 0.864. The molecule has 2 aromatic rings. The topological polar surface area (TPSA) is 30.3 Å². The van der Waals surface area contributed by atoms with Gasteiger partial charge < -0.3 is 14.2 Å². The second-order valence-electron chi connectivity index (χ2n) is 5.64. The lowest BCUT2D eigenvalue weighted by Crippen LogP contribution is -2.37. The molecule has 1 aliphatic heterocycles. The number of aromatic nitrogens is 2. The molecule has 0 amide bonds. The Hall–Kier alpha value is -1.26. The van der Waals surface area contributed by atoms with Crippen molar-refractivity contribution in [1.82, 2.24) is 9.55 Å². The first-order chi connectivity index (χ1) is 10.2. The first kappa shape index (κ1) is 14.7. The molecule has 0 bridgehead atoms. The summed E-state index contributed by atoms with van der Waals surface area (Å²) in [7, 11) is 1.95. The van der Waals surface area contributed by atoms with Crippen molar-refractivity contribution in [3.63, 3.8) is 0 Å². The molecular weight excluding hydrogens is 286 g/mol. The summed E-state index contributed by atoms with van der Waals surface area (Å²) < 4.78 is 7.79. The van der Waals surface area contributed by atoms with Crippen LogP contribution >= 0.6 is 11.6 Å². The average Bonchev–Trinajstić information content (AvgIpc) is 2.81. The van der Waals surface area contributed by atoms with Crippen LogP contribution in [0.1, 0.15) is 26.2 Å². The monoisotopic (exact) mass is 307 g/mol. The molecule has 4 nitrogen and oxygen atoms in total. The van der Waals surface area contributed by atoms with E-state index in [2.05, 4.69) is 35.0 Å². The normalized spacial score (nSPS) is 16.8. The highest BCUT2D eigenvalue weighted by Gasteiger charge is 2.22. The highest BCUT2D eigenvalue weighted by molar-refractivity contribution is 6.29. The summed E-state index contributed by atoms with van der Waals surface area (Å²) in [6.07, 6.45) is 3.66. The lowest BCUT2D eigenvalue weighted by Gasteiger charge is -2.33. The SMILES string of the molecule is CCCOC1CCN(c2cccc3c2nc(Cl)n3C)CC1. The first-order valence-corrected chi connectivity index (χ1v) is 8.06. The minimum absolute atomic E-state index is 0.410. The summed E-state index contributed by atoms with van der Waals surface area (Å²) >= 11 is 6.16. The maximum atomic E-state index is 6.16. The van der Waals surface area contributed by atoms with Gasteiger partial charge in [-0.15, -0.1) is 0 Å². The second-order valence-corrected chi connectivity index (χ2v) is 5.98. The maximum Gasteiger partial charge on any atom is 0.203 e. The molecule has 0 spiro atoms. The van der Waals surface area contributed by atoms with Gasteiger partial charge in [-0.05, 0) is 43.0 Å². The fourth-order valence-corrected chi connectivity index (χ4v) is 3.15. The van der Waals surface area contributed by atoms with Gasteiger partial charge >= 0.3 is 0 Å². The molecular formula is C16H22ClN3O. The van der Waals surface area contributed by atoms with Gasteiger partial charge in [-0.1, -0.05) is 13.0 Å². The van der Waals surface area contributed by atoms with Gasteiger partial charge in [-0.2, -0.15) is 0 Å². The number of nitrogens with zero attached hydrogens (tertiary/aromatic N) is 3. The average molecular weight is 308 g/mol. The van der Waals surface area contributed by atoms with Crippen LogP contribution in [-0.2, 0) is 11.8 Å². The van der Waals surface area contributed by atoms with Gasteiger partial charge in [0.05, 0.1) is 17.3 Å². The van der Waals surface area contributed by atoms with Crippen molar-refractivity contribution < 1.29 is 4.74 Å². The summed E-state index contributed by atoms with van der Waals surface area (Å²) in [5, 5.41) is 0.540. The second kappa shape index (κ2) is 6.24. The molecule has 21 heavy (non-hydrogen) atoms. The van der Waals surface area contributed by atoms with Crippen LogP contribution in [-0.4, -0.2) is 35.4 Å². The first-order valence-electron chi connectivity index (χ1n) is 7.68. The molecule has 0 N–H and O–H groups in total. The highest BCUT2D eigenvalue weighted by atomic mass is 35.5. The molecule has 0 radical (unpaired) electrons. The maximum absolute atomic E-state index is 6.16. The third-order valence-corrected chi connectivity index (χ3v) is 4.51. The minimum atomic E-state index is 0.410. The van der Waals surface area contributed by atoms with Crippen molar-refractivity contribution in [2.45, 2.75) is 32.3 Å². The van der Waals surface area contributed by atoms with Gasteiger partial charge in [0.15, 0.2) is 0 Å². The van der Waals surface area contributed by atoms with Crippen LogP contribution in [0.5, 0.6) is 0 Å². The largest absolute Gasteiger partial charge is 0.378 e. The van der Waals surface area contributed by atoms with Crippen LogP contribution in [0.15, 0.2) is 18.2 Å². The van der Waals surface area contributed by atoms with Crippen LogP contribution in [0, 0.1) is 0 Å². The summed E-state index contributed by atoms with van der Waals surface area (Å²) in [4.78, 5) is 6.91. The van der Waals surface area contributed by atoms with Gasteiger partial charge in [0, 0.05) is 26.7 Å². The Balaban J connectivity index is 1.78. The van der Waals surface area contributed by atoms with Crippen LogP contribution in [0.2, 0.25) is 5.28 Å². The summed E-state index contributed by atoms with van der Waals surface area (Å²) in [5.41, 5.74) is 3.27. The fourth-order valence-electron chi connectivity index (χ4n) is 2.97. The number of rotatable bonds is 4. The molecule has 1 fully saturated rings. The Labute approximate surface area is 130 Å². The standard InChI is InChI=1S/C16H22ClN3O/c1-3-11-21-12-7-9-20(10-8-12)14-6-4-5-13-15(14)18-16(17)19(13)2/h4-6,12H,3,7-11H2,1-2H3. The summed E-state index contributed by atoms with van der Waals surface area (Å²) in [6, 6.07) is 6.28. The fraction of sp³-hybridized carbons (Fsp3) is 0.562. The zero-order valence-electron chi connectivity index (χ0n) is 12.7. The van der Waals surface area contributed by atoms with E-state index >= 15 is 0 Å². The molecule has 0 aliphatic carbocycles. The van der Waals surface area contributed by atoms with Gasteiger partial charge in [0.1, 0.15) is 5.52 Å². The molecule has 1 saturated heterocycles. The number of hydrogen-bond acceptors (Lipinski definition) is 3. The number of piperidine rings is 1. The molecule has 2 heterocycles. The van der Waals surface area contributed by atoms with Crippen LogP contribution < -0.4 is 4.90 Å². The van der Waals surface area contributed by atoms with E-state index in [-0.39, 0.29) is 0 Å². The van der Waals surface area contributed by atoms with E-state index in [1.807, 2.05) is 11.6 Å². The number of fused-ring (bicyclic) bond motifs is 1. The van der Waals surface area contributed by atoms with Gasteiger partial charge in [-0.3, -0.25) is 0 Å². The summed E-state index contributed by atoms with van der Waals surface area (Å²) in [6.45, 7) is 5.06. The number of benzene rings is 1. The summed E-state index contributed by atoms with van der Waals surface area (Å²) in [5.74, 6) is 0. The molecule has 0 atom stereocenters. The van der Waals surface area contributed by atoms with Crippen molar-refractivity contribution in [3.05, 3.63) is 23.5 Å². The van der Waals surface area contributed by atoms with E-state index in [0.29, 0.717) is 11.4 Å². The lowest BCUT2D eigenvalue weighted by atomic mass is 10.1. The molecule has 1 aromatic carbocycles. The Morgan fingerprint density at radius 2 is 2.10 bits per heavy atom. The van der Waals surface area contributed by atoms with E-state index in [4.69, 9.17) is 16.3 Å². The Kier molecular flexibility index (Phi) is 4.36. The number of anilines is 1. The van der Waals surface area contributed by atoms with Crippen LogP contribution in [0.3, 0.4) is 0 Å². The third kappa shape index (κ3) is 2.87. The molecule has 3 rings (SSSR count). The van der Waals surface area contributed by atoms with Crippen molar-refractivity contribution in [1.29, 1.82) is 0 Å². The number of aryl methyl sites for hydroxylation is 1. The van der Waals surface area contributed by atoms with Crippen molar-refractivity contribution in [2.75, 3.05) is 24.6 Å². The molecule has 1 aliphatic rings. The van der Waals surface area contributed by atoms with E-state index in [9.17, 15) is 0 Å². The lowest BCUT2D eigenvalue weighted by molar-refractivity contribution is 0.0375. The Morgan fingerprint density at radius 3 is 2.81 bits per heavy atom. The van der Waals surface area contributed by atoms with Gasteiger partial charge in [0.25, 0.3) is 0 Å². The van der Waals surface area contributed by atoms with Gasteiger partial charge in [0.2, 0.25) is 5.28 Å². The van der Waals surface area contributed by atoms with Crippen LogP contribution in [0.25, 0.3) is 11.0 Å². The van der Waals surface area contributed by atoms with Crippen molar-refractivity contribution in [3.8, 4) is 0 Å². The minimum Gasteiger partial charge on any atom is -0.378 e. The number of halogens is 1. The van der Waals surface area contributed by atoms with E-state index in [1.165, 1.54) is 5.69 Å². The molecule has 114 valence electrons. The van der Waals surface area contributed by atoms with E-state index in [1.54, 1.807) is 0 Å². The zero-order chi connectivity index (χ0) is 14.8. The zero-order valence-corrected chi connectivity index (χ0v) is 13.4. The number of imidazole rings is 1. The molecule has 0 saturated carbocycles. The van der Waals surface area contributed by atoms with Crippen LogP contribution in [0.4, 0.5) is 5.69 Å². The number of para-hydroxylation sites is 1. The third-order valence-electron chi connectivity index (χ3n) is 4.18. The predicted molar refractivity (Wildman–Crippen MR) is 87.2 cm³/mol. The number of ether oxygens (including phenoxy) is 1. The Morgan fingerprint density at radius 1 is 1.33 bits per heavy atom. The van der Waals surface area contributed by atoms with E-state index < -0.39 is 0 Å². The van der Waals surface area contributed by atoms with E-state index in [0.717, 1.165) is 50.0 Å². The Bertz CT molecular complexity index is 617. The molecule has 1 aromatic heterocycles. The highest BCUT2D eigenvalue weighted by Crippen LogP contribution is 2.30. The number of hydrogen-bond donors (Lipinski definition) is 0. The molecule has 0 unspecified atom stereocenters. The van der Waals surface area contributed by atoms with Gasteiger partial charge in [-0.25, -0.2) is 4.98 Å². The predicted octanol–water partition coefficient (Wildman–Crippen LogP) is 3.62. The smallest absolute Gasteiger partial charge is 0.203 e.